The van der Waals surface area contributed by atoms with Gasteiger partial charge in [-0.2, -0.15) is 13.2 Å². The number of hydrogen-bond donors (Lipinski definition) is 2. The minimum Gasteiger partial charge on any atom is -0.331 e. The standard InChI is InChI=1S/C12H11F3N4OS/c1-7(17-10(20)18-11-19-16-6-21-11)8-3-2-4-9(5-8)12(13,14)15/h2-7H,1H3,(H2,17,18,19,20)/t7-/m0/s1. The second kappa shape index (κ2) is 6.08. The molecule has 0 saturated heterocycles. The van der Waals surface area contributed by atoms with Gasteiger partial charge < -0.3 is 5.32 Å². The Morgan fingerprint density at radius 2 is 2.14 bits per heavy atom. The minimum atomic E-state index is -4.41. The van der Waals surface area contributed by atoms with Crippen molar-refractivity contribution in [1.29, 1.82) is 0 Å². The van der Waals surface area contributed by atoms with E-state index in [9.17, 15) is 18.0 Å². The lowest BCUT2D eigenvalue weighted by atomic mass is 10.1. The van der Waals surface area contributed by atoms with Gasteiger partial charge in [0.1, 0.15) is 5.51 Å². The number of rotatable bonds is 3. The van der Waals surface area contributed by atoms with Crippen molar-refractivity contribution in [3.05, 3.63) is 40.9 Å². The summed E-state index contributed by atoms with van der Waals surface area (Å²) < 4.78 is 37.9. The fraction of sp³-hybridized carbons (Fsp3) is 0.250. The monoisotopic (exact) mass is 316 g/mol. The normalized spacial score (nSPS) is 12.8. The summed E-state index contributed by atoms with van der Waals surface area (Å²) in [6.45, 7) is 1.59. The molecule has 0 bridgehead atoms. The van der Waals surface area contributed by atoms with Crippen LogP contribution in [0.5, 0.6) is 0 Å². The third-order valence-electron chi connectivity index (χ3n) is 2.64. The fourth-order valence-corrected chi connectivity index (χ4v) is 2.07. The van der Waals surface area contributed by atoms with E-state index < -0.39 is 23.8 Å². The summed E-state index contributed by atoms with van der Waals surface area (Å²) in [5.41, 5.74) is 1.06. The number of nitrogens with one attached hydrogen (secondary N) is 2. The molecule has 0 aliphatic heterocycles. The SMILES string of the molecule is C[C@H](NC(=O)Nc1nncs1)c1cccc(C(F)(F)F)c1. The van der Waals surface area contributed by atoms with Gasteiger partial charge in [0.25, 0.3) is 0 Å². The Balaban J connectivity index is 2.03. The highest BCUT2D eigenvalue weighted by Crippen LogP contribution is 2.30. The van der Waals surface area contributed by atoms with Crippen molar-refractivity contribution in [2.24, 2.45) is 0 Å². The maximum absolute atomic E-state index is 12.6. The highest BCUT2D eigenvalue weighted by molar-refractivity contribution is 7.13. The molecule has 21 heavy (non-hydrogen) atoms. The quantitative estimate of drug-likeness (QED) is 0.911. The number of hydrogen-bond acceptors (Lipinski definition) is 4. The molecule has 1 atom stereocenters. The zero-order valence-electron chi connectivity index (χ0n) is 10.8. The topological polar surface area (TPSA) is 66.9 Å². The Bertz CT molecular complexity index is 615. The van der Waals surface area contributed by atoms with E-state index >= 15 is 0 Å². The molecule has 1 aromatic carbocycles. The number of amides is 2. The van der Waals surface area contributed by atoms with Crippen molar-refractivity contribution < 1.29 is 18.0 Å². The van der Waals surface area contributed by atoms with Crippen molar-refractivity contribution in [1.82, 2.24) is 15.5 Å². The molecule has 0 unspecified atom stereocenters. The predicted octanol–water partition coefficient (Wildman–Crippen LogP) is 3.44. The molecule has 0 spiro atoms. The largest absolute Gasteiger partial charge is 0.416 e. The van der Waals surface area contributed by atoms with Crippen molar-refractivity contribution in [3.8, 4) is 0 Å². The first-order valence-electron chi connectivity index (χ1n) is 5.87. The first-order valence-corrected chi connectivity index (χ1v) is 6.75. The molecule has 112 valence electrons. The number of alkyl halides is 3. The van der Waals surface area contributed by atoms with E-state index in [1.165, 1.54) is 17.6 Å². The molecule has 2 amide bonds. The van der Waals surface area contributed by atoms with Gasteiger partial charge in [0.15, 0.2) is 0 Å². The van der Waals surface area contributed by atoms with Crippen LogP contribution in [0.4, 0.5) is 23.1 Å². The summed E-state index contributed by atoms with van der Waals surface area (Å²) in [7, 11) is 0. The van der Waals surface area contributed by atoms with E-state index in [0.717, 1.165) is 23.5 Å². The number of urea groups is 1. The minimum absolute atomic E-state index is 0.309. The number of carbonyl (C=O) groups is 1. The molecule has 5 nitrogen and oxygen atoms in total. The zero-order chi connectivity index (χ0) is 15.5. The van der Waals surface area contributed by atoms with Crippen LogP contribution < -0.4 is 10.6 Å². The lowest BCUT2D eigenvalue weighted by Crippen LogP contribution is -2.31. The van der Waals surface area contributed by atoms with Crippen LogP contribution in [0.25, 0.3) is 0 Å². The lowest BCUT2D eigenvalue weighted by Gasteiger charge is -2.16. The summed E-state index contributed by atoms with van der Waals surface area (Å²) in [5.74, 6) is 0. The molecule has 1 heterocycles. The molecule has 2 N–H and O–H groups in total. The molecule has 0 saturated carbocycles. The Morgan fingerprint density at radius 3 is 2.76 bits per heavy atom. The summed E-state index contributed by atoms with van der Waals surface area (Å²) in [6, 6.07) is 3.68. The summed E-state index contributed by atoms with van der Waals surface area (Å²) in [4.78, 5) is 11.7. The number of nitrogens with zero attached hydrogens (tertiary/aromatic N) is 2. The van der Waals surface area contributed by atoms with Gasteiger partial charge in [-0.05, 0) is 24.6 Å². The fourth-order valence-electron chi connectivity index (χ4n) is 1.63. The molecule has 9 heteroatoms. The van der Waals surface area contributed by atoms with Gasteiger partial charge >= 0.3 is 12.2 Å². The first kappa shape index (κ1) is 15.2. The van der Waals surface area contributed by atoms with E-state index in [2.05, 4.69) is 20.8 Å². The number of carbonyl (C=O) groups excluding carboxylic acids is 1. The Labute approximate surface area is 122 Å². The van der Waals surface area contributed by atoms with Crippen LogP contribution in [0.15, 0.2) is 29.8 Å². The van der Waals surface area contributed by atoms with Gasteiger partial charge in [0.2, 0.25) is 5.13 Å². The lowest BCUT2D eigenvalue weighted by molar-refractivity contribution is -0.137. The van der Waals surface area contributed by atoms with E-state index in [1.54, 1.807) is 6.92 Å². The summed E-state index contributed by atoms with van der Waals surface area (Å²) >= 11 is 1.14. The Morgan fingerprint density at radius 1 is 1.38 bits per heavy atom. The van der Waals surface area contributed by atoms with E-state index in [1.807, 2.05) is 0 Å². The Hall–Kier alpha value is -2.16. The van der Waals surface area contributed by atoms with Crippen LogP contribution in [0.3, 0.4) is 0 Å². The average molecular weight is 316 g/mol. The average Bonchev–Trinajstić information content (AvgIpc) is 2.90. The van der Waals surface area contributed by atoms with Gasteiger partial charge in [0.05, 0.1) is 11.6 Å². The van der Waals surface area contributed by atoms with E-state index in [-0.39, 0.29) is 0 Å². The highest BCUT2D eigenvalue weighted by Gasteiger charge is 2.30. The van der Waals surface area contributed by atoms with Gasteiger partial charge in [0, 0.05) is 0 Å². The zero-order valence-corrected chi connectivity index (χ0v) is 11.6. The number of aromatic nitrogens is 2. The highest BCUT2D eigenvalue weighted by atomic mass is 32.1. The second-order valence-corrected chi connectivity index (χ2v) is 5.02. The van der Waals surface area contributed by atoms with E-state index in [4.69, 9.17) is 0 Å². The molecular formula is C12H11F3N4OS. The van der Waals surface area contributed by atoms with Crippen molar-refractivity contribution in [2.75, 3.05) is 5.32 Å². The van der Waals surface area contributed by atoms with E-state index in [0.29, 0.717) is 10.7 Å². The van der Waals surface area contributed by atoms with Crippen LogP contribution in [-0.4, -0.2) is 16.2 Å². The van der Waals surface area contributed by atoms with Gasteiger partial charge in [-0.15, -0.1) is 10.2 Å². The van der Waals surface area contributed by atoms with Crippen LogP contribution in [-0.2, 0) is 6.18 Å². The van der Waals surface area contributed by atoms with Crippen LogP contribution in [0, 0.1) is 0 Å². The smallest absolute Gasteiger partial charge is 0.331 e. The third-order valence-corrected chi connectivity index (χ3v) is 3.25. The van der Waals surface area contributed by atoms with Gasteiger partial charge in [-0.3, -0.25) is 5.32 Å². The number of benzene rings is 1. The maximum atomic E-state index is 12.6. The number of halogens is 3. The molecule has 0 aliphatic rings. The van der Waals surface area contributed by atoms with Gasteiger partial charge in [-0.25, -0.2) is 4.79 Å². The maximum Gasteiger partial charge on any atom is 0.416 e. The van der Waals surface area contributed by atoms with Crippen molar-refractivity contribution in [3.63, 3.8) is 0 Å². The third kappa shape index (κ3) is 4.15. The van der Waals surface area contributed by atoms with Crippen LogP contribution in [0.2, 0.25) is 0 Å². The molecule has 0 radical (unpaired) electrons. The number of anilines is 1. The summed E-state index contributed by atoms with van der Waals surface area (Å²) in [5, 5.41) is 12.5. The second-order valence-electron chi connectivity index (χ2n) is 4.19. The summed E-state index contributed by atoms with van der Waals surface area (Å²) in [6.07, 6.45) is -4.41. The molecule has 2 aromatic rings. The molecule has 2 rings (SSSR count). The molecule has 0 fully saturated rings. The Kier molecular flexibility index (Phi) is 4.41. The van der Waals surface area contributed by atoms with Gasteiger partial charge in [-0.1, -0.05) is 23.5 Å². The van der Waals surface area contributed by atoms with Crippen molar-refractivity contribution in [2.45, 2.75) is 19.1 Å². The molecule has 1 aromatic heterocycles. The predicted molar refractivity (Wildman–Crippen MR) is 71.9 cm³/mol. The van der Waals surface area contributed by atoms with Crippen LogP contribution in [0.1, 0.15) is 24.1 Å². The van der Waals surface area contributed by atoms with Crippen LogP contribution >= 0.6 is 11.3 Å². The van der Waals surface area contributed by atoms with Crippen molar-refractivity contribution >= 4 is 22.5 Å². The molecule has 0 aliphatic carbocycles. The molecular weight excluding hydrogens is 305 g/mol. The first-order chi connectivity index (χ1) is 9.86.